The van der Waals surface area contributed by atoms with E-state index < -0.39 is 11.8 Å². The summed E-state index contributed by atoms with van der Waals surface area (Å²) in [4.78, 5) is 27.6. The Kier molecular flexibility index (Phi) is 11.0. The maximum Gasteiger partial charge on any atom is 0.338 e. The Balaban J connectivity index is 1.63. The Bertz CT molecular complexity index is 1670. The Morgan fingerprint density at radius 3 is 1.35 bits per heavy atom. The van der Waals surface area contributed by atoms with E-state index in [4.69, 9.17) is 28.4 Å². The first-order valence-electron chi connectivity index (χ1n) is 14.6. The molecule has 8 heteroatoms. The summed E-state index contributed by atoms with van der Waals surface area (Å²) in [6, 6.07) is 36.7. The molecule has 0 bridgehead atoms. The summed E-state index contributed by atoms with van der Waals surface area (Å²) in [5.41, 5.74) is 3.06. The minimum absolute atomic E-state index is 0.0949. The molecule has 0 radical (unpaired) electrons. The van der Waals surface area contributed by atoms with Crippen LogP contribution in [0, 0.1) is 0 Å². The highest BCUT2D eigenvalue weighted by Crippen LogP contribution is 2.39. The number of ketones is 1. The van der Waals surface area contributed by atoms with Crippen LogP contribution in [0.15, 0.2) is 121 Å². The molecule has 0 fully saturated rings. The van der Waals surface area contributed by atoms with Crippen molar-refractivity contribution in [3.05, 3.63) is 155 Å². The summed E-state index contributed by atoms with van der Waals surface area (Å²) in [6.45, 7) is 0.370. The van der Waals surface area contributed by atoms with E-state index in [0.717, 1.165) is 16.7 Å². The van der Waals surface area contributed by atoms with Gasteiger partial charge in [0.2, 0.25) is 5.78 Å². The van der Waals surface area contributed by atoms with Gasteiger partial charge in [0.05, 0.1) is 12.7 Å². The van der Waals surface area contributed by atoms with E-state index in [-0.39, 0.29) is 60.6 Å². The summed E-state index contributed by atoms with van der Waals surface area (Å²) in [6.07, 6.45) is 0. The number of carbonyl (C=O) groups excluding carboxylic acids is 2. The van der Waals surface area contributed by atoms with Gasteiger partial charge in [-0.25, -0.2) is 4.79 Å². The van der Waals surface area contributed by atoms with Crippen molar-refractivity contribution in [2.75, 3.05) is 21.0 Å². The number of hydrogen-bond donors (Lipinski definition) is 0. The zero-order chi connectivity index (χ0) is 32.1. The fraction of sp³-hybridized carbons (Fsp3) is 0.158. The zero-order valence-corrected chi connectivity index (χ0v) is 25.6. The van der Waals surface area contributed by atoms with Crippen LogP contribution < -0.4 is 18.9 Å². The molecule has 0 aromatic heterocycles. The highest BCUT2D eigenvalue weighted by atomic mass is 16.7. The van der Waals surface area contributed by atoms with Gasteiger partial charge in [0.25, 0.3) is 0 Å². The Hall–Kier alpha value is -5.60. The predicted octanol–water partition coefficient (Wildman–Crippen LogP) is 7.42. The lowest BCUT2D eigenvalue weighted by Crippen LogP contribution is -2.14. The minimum atomic E-state index is -0.608. The van der Waals surface area contributed by atoms with Crippen LogP contribution >= 0.6 is 0 Å². The lowest BCUT2D eigenvalue weighted by atomic mass is 9.97. The highest BCUT2D eigenvalue weighted by molar-refractivity contribution is 6.16. The summed E-state index contributed by atoms with van der Waals surface area (Å²) in [5.74, 6) is -0.285. The van der Waals surface area contributed by atoms with E-state index in [2.05, 4.69) is 0 Å². The molecule has 0 atom stereocenters. The van der Waals surface area contributed by atoms with Crippen LogP contribution in [0.2, 0.25) is 0 Å². The number of benzene rings is 5. The number of ether oxygens (including phenoxy) is 6. The van der Waals surface area contributed by atoms with Crippen LogP contribution in [0.1, 0.15) is 43.0 Å². The first-order chi connectivity index (χ1) is 22.6. The predicted molar refractivity (Wildman–Crippen MR) is 172 cm³/mol. The number of rotatable bonds is 15. The fourth-order valence-electron chi connectivity index (χ4n) is 4.71. The summed E-state index contributed by atoms with van der Waals surface area (Å²) >= 11 is 0. The molecule has 0 aliphatic carbocycles. The molecule has 0 amide bonds. The van der Waals surface area contributed by atoms with Gasteiger partial charge in [-0.05, 0) is 41.0 Å². The van der Waals surface area contributed by atoms with Gasteiger partial charge in [0.1, 0.15) is 53.9 Å². The second-order valence-corrected chi connectivity index (χ2v) is 10.2. The molecule has 5 aromatic carbocycles. The normalized spacial score (nSPS) is 10.6. The number of esters is 1. The zero-order valence-electron chi connectivity index (χ0n) is 25.6. The highest BCUT2D eigenvalue weighted by Gasteiger charge is 2.29. The van der Waals surface area contributed by atoms with Gasteiger partial charge in [-0.15, -0.1) is 0 Å². The first kappa shape index (κ1) is 31.8. The number of methoxy groups -OCH3 is 2. The van der Waals surface area contributed by atoms with E-state index in [0.29, 0.717) is 5.75 Å². The molecule has 8 nitrogen and oxygen atoms in total. The smallest absolute Gasteiger partial charge is 0.338 e. The molecule has 5 rings (SSSR count). The van der Waals surface area contributed by atoms with Crippen LogP contribution in [-0.4, -0.2) is 32.8 Å². The molecule has 0 unspecified atom stereocenters. The van der Waals surface area contributed by atoms with Gasteiger partial charge in [0, 0.05) is 7.11 Å². The molecular weight excluding hydrogens is 584 g/mol. The molecule has 234 valence electrons. The van der Waals surface area contributed by atoms with E-state index in [1.54, 1.807) is 18.2 Å². The van der Waals surface area contributed by atoms with Crippen LogP contribution in [0.5, 0.6) is 23.0 Å². The van der Waals surface area contributed by atoms with Crippen molar-refractivity contribution in [3.8, 4) is 23.0 Å². The third kappa shape index (κ3) is 8.11. The van der Waals surface area contributed by atoms with Crippen LogP contribution in [0.4, 0.5) is 0 Å². The largest absolute Gasteiger partial charge is 0.488 e. The quantitative estimate of drug-likeness (QED) is 0.0680. The van der Waals surface area contributed by atoms with Crippen LogP contribution in [-0.2, 0) is 29.3 Å². The van der Waals surface area contributed by atoms with Gasteiger partial charge in [-0.1, -0.05) is 97.1 Å². The van der Waals surface area contributed by atoms with E-state index in [1.807, 2.05) is 91.0 Å². The maximum absolute atomic E-state index is 14.8. The Labute approximate surface area is 268 Å². The number of carbonyl (C=O) groups is 2. The summed E-state index contributed by atoms with van der Waals surface area (Å²) in [7, 11) is 2.78. The third-order valence-corrected chi connectivity index (χ3v) is 6.97. The van der Waals surface area contributed by atoms with E-state index in [9.17, 15) is 9.59 Å². The van der Waals surface area contributed by atoms with Crippen molar-refractivity contribution < 1.29 is 38.0 Å². The molecule has 0 saturated heterocycles. The molecule has 0 aliphatic rings. The molecular formula is C38H34O8. The third-order valence-electron chi connectivity index (χ3n) is 6.97. The molecule has 0 spiro atoms. The lowest BCUT2D eigenvalue weighted by Gasteiger charge is -2.20. The molecule has 0 heterocycles. The van der Waals surface area contributed by atoms with Gasteiger partial charge in [-0.3, -0.25) is 4.79 Å². The second kappa shape index (κ2) is 15.9. The van der Waals surface area contributed by atoms with Crippen molar-refractivity contribution in [2.45, 2.75) is 19.8 Å². The number of hydrogen-bond acceptors (Lipinski definition) is 8. The van der Waals surface area contributed by atoms with Crippen molar-refractivity contribution in [2.24, 2.45) is 0 Å². The Morgan fingerprint density at radius 2 is 0.913 bits per heavy atom. The molecule has 0 aliphatic heterocycles. The fourth-order valence-corrected chi connectivity index (χ4v) is 4.71. The van der Waals surface area contributed by atoms with Gasteiger partial charge in [-0.2, -0.15) is 0 Å². The molecule has 0 saturated carbocycles. The van der Waals surface area contributed by atoms with Crippen LogP contribution in [0.25, 0.3) is 0 Å². The average Bonchev–Trinajstić information content (AvgIpc) is 3.11. The van der Waals surface area contributed by atoms with E-state index in [1.165, 1.54) is 26.4 Å². The molecule has 46 heavy (non-hydrogen) atoms. The van der Waals surface area contributed by atoms with Gasteiger partial charge >= 0.3 is 5.97 Å². The van der Waals surface area contributed by atoms with Crippen molar-refractivity contribution in [1.29, 1.82) is 0 Å². The standard InChI is InChI=1S/C38H34O8/c1-41-26-46-32-20-12-19-31(43-23-27-13-6-3-7-14-27)35(32)37(39)36-33(44-24-28-15-8-4-9-16-28)21-30(38(40)42-2)22-34(36)45-25-29-17-10-5-11-18-29/h3-22H,23-26H2,1-2H3. The summed E-state index contributed by atoms with van der Waals surface area (Å²) in [5, 5.41) is 0. The SMILES string of the molecule is COCOc1cccc(OCc2ccccc2)c1C(=O)c1c(OCc2ccccc2)cc(C(=O)OC)cc1OCc1ccccc1. The minimum Gasteiger partial charge on any atom is -0.488 e. The van der Waals surface area contributed by atoms with Gasteiger partial charge < -0.3 is 28.4 Å². The Morgan fingerprint density at radius 1 is 0.500 bits per heavy atom. The van der Waals surface area contributed by atoms with Crippen molar-refractivity contribution in [1.82, 2.24) is 0 Å². The maximum atomic E-state index is 14.8. The van der Waals surface area contributed by atoms with Crippen LogP contribution in [0.3, 0.4) is 0 Å². The average molecular weight is 619 g/mol. The van der Waals surface area contributed by atoms with Crippen molar-refractivity contribution >= 4 is 11.8 Å². The first-order valence-corrected chi connectivity index (χ1v) is 14.6. The van der Waals surface area contributed by atoms with Crippen molar-refractivity contribution in [3.63, 3.8) is 0 Å². The molecule has 0 N–H and O–H groups in total. The monoisotopic (exact) mass is 618 g/mol. The lowest BCUT2D eigenvalue weighted by molar-refractivity contribution is 0.0500. The summed E-state index contributed by atoms with van der Waals surface area (Å²) < 4.78 is 34.8. The van der Waals surface area contributed by atoms with Gasteiger partial charge in [0.15, 0.2) is 6.79 Å². The van der Waals surface area contributed by atoms with E-state index >= 15 is 0 Å². The topological polar surface area (TPSA) is 89.5 Å². The second-order valence-electron chi connectivity index (χ2n) is 10.2. The molecule has 5 aromatic rings.